The largest absolute Gasteiger partial charge is 0.505 e. The van der Waals surface area contributed by atoms with Crippen molar-refractivity contribution in [2.24, 2.45) is 5.92 Å². The maximum atomic E-state index is 12.3. The molecule has 0 bridgehead atoms. The van der Waals surface area contributed by atoms with Crippen molar-refractivity contribution in [1.82, 2.24) is 9.55 Å². The molecule has 6 heteroatoms. The SMILES string of the molecule is O=c1c2c(Cl)cc(I)c(O)c2ncn1CC1CC1. The second-order valence-corrected chi connectivity index (χ2v) is 6.13. The molecular formula is C12H10ClIN2O2. The predicted octanol–water partition coefficient (Wildman–Crippen LogP) is 2.77. The molecule has 94 valence electrons. The van der Waals surface area contributed by atoms with Crippen LogP contribution >= 0.6 is 34.2 Å². The molecule has 0 saturated heterocycles. The number of aromatic nitrogens is 2. The van der Waals surface area contributed by atoms with Crippen LogP contribution in [0.1, 0.15) is 12.8 Å². The Bertz CT molecular complexity index is 695. The van der Waals surface area contributed by atoms with Gasteiger partial charge in [0.15, 0.2) is 5.75 Å². The van der Waals surface area contributed by atoms with Crippen molar-refractivity contribution in [2.45, 2.75) is 19.4 Å². The minimum absolute atomic E-state index is 0.0191. The van der Waals surface area contributed by atoms with Crippen LogP contribution in [0.25, 0.3) is 10.9 Å². The van der Waals surface area contributed by atoms with Crippen LogP contribution in [0.2, 0.25) is 5.02 Å². The molecule has 0 spiro atoms. The summed E-state index contributed by atoms with van der Waals surface area (Å²) >= 11 is 8.06. The van der Waals surface area contributed by atoms with Crippen molar-refractivity contribution in [3.05, 3.63) is 31.3 Å². The summed E-state index contributed by atoms with van der Waals surface area (Å²) in [4.78, 5) is 16.5. The average Bonchev–Trinajstić information content (AvgIpc) is 3.12. The van der Waals surface area contributed by atoms with Crippen LogP contribution in [-0.2, 0) is 6.54 Å². The Morgan fingerprint density at radius 2 is 2.28 bits per heavy atom. The molecule has 1 aromatic heterocycles. The van der Waals surface area contributed by atoms with Gasteiger partial charge in [0.25, 0.3) is 5.56 Å². The van der Waals surface area contributed by atoms with E-state index >= 15 is 0 Å². The number of rotatable bonds is 2. The standard InChI is InChI=1S/C12H10ClIN2O2/c13-7-3-8(14)11(17)10-9(7)12(18)16(5-15-10)4-6-1-2-6/h3,5-6,17H,1-2,4H2. The maximum Gasteiger partial charge on any atom is 0.262 e. The maximum absolute atomic E-state index is 12.3. The Morgan fingerprint density at radius 1 is 1.56 bits per heavy atom. The van der Waals surface area contributed by atoms with E-state index in [9.17, 15) is 9.90 Å². The molecule has 1 aliphatic rings. The number of benzene rings is 1. The van der Waals surface area contributed by atoms with Crippen LogP contribution in [0.4, 0.5) is 0 Å². The predicted molar refractivity (Wildman–Crippen MR) is 78.1 cm³/mol. The van der Waals surface area contributed by atoms with E-state index in [4.69, 9.17) is 11.6 Å². The van der Waals surface area contributed by atoms with Gasteiger partial charge in [-0.15, -0.1) is 0 Å². The first-order valence-electron chi connectivity index (χ1n) is 5.64. The van der Waals surface area contributed by atoms with Crippen molar-refractivity contribution in [2.75, 3.05) is 0 Å². The lowest BCUT2D eigenvalue weighted by Crippen LogP contribution is -2.21. The molecule has 1 fully saturated rings. The lowest BCUT2D eigenvalue weighted by Gasteiger charge is -2.08. The van der Waals surface area contributed by atoms with Crippen LogP contribution in [-0.4, -0.2) is 14.7 Å². The number of fused-ring (bicyclic) bond motifs is 1. The molecule has 3 rings (SSSR count). The Kier molecular flexibility index (Phi) is 2.97. The molecule has 1 aromatic carbocycles. The summed E-state index contributed by atoms with van der Waals surface area (Å²) in [5.41, 5.74) is 0.104. The molecule has 0 aliphatic heterocycles. The van der Waals surface area contributed by atoms with Crippen LogP contribution in [0.3, 0.4) is 0 Å². The van der Waals surface area contributed by atoms with Gasteiger partial charge in [0, 0.05) is 6.54 Å². The minimum Gasteiger partial charge on any atom is -0.505 e. The first kappa shape index (κ1) is 12.2. The molecule has 0 amide bonds. The monoisotopic (exact) mass is 376 g/mol. The summed E-state index contributed by atoms with van der Waals surface area (Å²) in [7, 11) is 0. The highest BCUT2D eigenvalue weighted by molar-refractivity contribution is 14.1. The topological polar surface area (TPSA) is 55.1 Å². The van der Waals surface area contributed by atoms with E-state index in [1.54, 1.807) is 10.6 Å². The zero-order chi connectivity index (χ0) is 12.9. The Morgan fingerprint density at radius 3 is 2.94 bits per heavy atom. The highest BCUT2D eigenvalue weighted by Gasteiger charge is 2.23. The highest BCUT2D eigenvalue weighted by atomic mass is 127. The molecule has 2 aromatic rings. The van der Waals surface area contributed by atoms with E-state index in [0.717, 1.165) is 12.8 Å². The number of phenols is 1. The van der Waals surface area contributed by atoms with Gasteiger partial charge < -0.3 is 5.11 Å². The summed E-state index contributed by atoms with van der Waals surface area (Å²) in [6, 6.07) is 1.59. The van der Waals surface area contributed by atoms with Gasteiger partial charge in [-0.1, -0.05) is 11.6 Å². The summed E-state index contributed by atoms with van der Waals surface area (Å²) in [6.45, 7) is 0.685. The third kappa shape index (κ3) is 1.99. The third-order valence-electron chi connectivity index (χ3n) is 3.13. The van der Waals surface area contributed by atoms with Crippen molar-refractivity contribution >= 4 is 45.1 Å². The van der Waals surface area contributed by atoms with E-state index in [1.807, 2.05) is 22.6 Å². The van der Waals surface area contributed by atoms with Gasteiger partial charge >= 0.3 is 0 Å². The second kappa shape index (κ2) is 4.38. The van der Waals surface area contributed by atoms with Gasteiger partial charge in [-0.25, -0.2) is 4.98 Å². The summed E-state index contributed by atoms with van der Waals surface area (Å²) in [6.07, 6.45) is 3.82. The van der Waals surface area contributed by atoms with Crippen LogP contribution < -0.4 is 5.56 Å². The van der Waals surface area contributed by atoms with Crippen molar-refractivity contribution in [3.63, 3.8) is 0 Å². The van der Waals surface area contributed by atoms with Gasteiger partial charge in [-0.2, -0.15) is 0 Å². The lowest BCUT2D eigenvalue weighted by atomic mass is 10.2. The summed E-state index contributed by atoms with van der Waals surface area (Å²) in [5.74, 6) is 0.601. The van der Waals surface area contributed by atoms with Crippen LogP contribution in [0.15, 0.2) is 17.2 Å². The first-order chi connectivity index (χ1) is 8.58. The molecule has 0 atom stereocenters. The van der Waals surface area contributed by atoms with Crippen molar-refractivity contribution in [3.8, 4) is 5.75 Å². The van der Waals surface area contributed by atoms with Gasteiger partial charge in [-0.05, 0) is 47.4 Å². The summed E-state index contributed by atoms with van der Waals surface area (Å²) < 4.78 is 2.18. The molecule has 1 heterocycles. The highest BCUT2D eigenvalue weighted by Crippen LogP contribution is 2.33. The Hall–Kier alpha value is -0.820. The van der Waals surface area contributed by atoms with Crippen LogP contribution in [0, 0.1) is 9.49 Å². The lowest BCUT2D eigenvalue weighted by molar-refractivity contribution is 0.476. The quantitative estimate of drug-likeness (QED) is 0.820. The molecule has 0 unspecified atom stereocenters. The fourth-order valence-corrected chi connectivity index (χ4v) is 2.99. The second-order valence-electron chi connectivity index (χ2n) is 4.56. The number of phenolic OH excluding ortho intramolecular Hbond substituents is 1. The van der Waals surface area contributed by atoms with Gasteiger partial charge in [0.1, 0.15) is 5.52 Å². The van der Waals surface area contributed by atoms with Crippen molar-refractivity contribution in [1.29, 1.82) is 0 Å². The van der Waals surface area contributed by atoms with E-state index < -0.39 is 0 Å². The molecule has 1 aliphatic carbocycles. The number of hydrogen-bond donors (Lipinski definition) is 1. The number of halogens is 2. The molecule has 0 radical (unpaired) electrons. The van der Waals surface area contributed by atoms with Gasteiger partial charge in [-0.3, -0.25) is 9.36 Å². The third-order valence-corrected chi connectivity index (χ3v) is 4.25. The summed E-state index contributed by atoms with van der Waals surface area (Å²) in [5, 5.41) is 10.6. The molecule has 1 N–H and O–H groups in total. The zero-order valence-electron chi connectivity index (χ0n) is 9.36. The fourth-order valence-electron chi connectivity index (χ4n) is 1.96. The number of hydrogen-bond acceptors (Lipinski definition) is 3. The number of aromatic hydroxyl groups is 1. The first-order valence-corrected chi connectivity index (χ1v) is 7.09. The minimum atomic E-state index is -0.177. The van der Waals surface area contributed by atoms with Crippen LogP contribution in [0.5, 0.6) is 5.75 Å². The Labute approximate surface area is 122 Å². The number of nitrogens with zero attached hydrogens (tertiary/aromatic N) is 2. The Balaban J connectivity index is 2.27. The smallest absolute Gasteiger partial charge is 0.262 e. The van der Waals surface area contributed by atoms with E-state index in [0.29, 0.717) is 26.4 Å². The van der Waals surface area contributed by atoms with E-state index in [2.05, 4.69) is 4.98 Å². The molecule has 18 heavy (non-hydrogen) atoms. The van der Waals surface area contributed by atoms with Gasteiger partial charge in [0.05, 0.1) is 20.3 Å². The molecular weight excluding hydrogens is 367 g/mol. The fraction of sp³-hybridized carbons (Fsp3) is 0.333. The average molecular weight is 377 g/mol. The molecule has 1 saturated carbocycles. The van der Waals surface area contributed by atoms with Crippen molar-refractivity contribution < 1.29 is 5.11 Å². The zero-order valence-corrected chi connectivity index (χ0v) is 12.3. The normalized spacial score (nSPS) is 15.2. The van der Waals surface area contributed by atoms with E-state index in [-0.39, 0.29) is 16.8 Å². The van der Waals surface area contributed by atoms with E-state index in [1.165, 1.54) is 6.33 Å². The van der Waals surface area contributed by atoms with Gasteiger partial charge in [0.2, 0.25) is 0 Å². The molecule has 4 nitrogen and oxygen atoms in total.